The van der Waals surface area contributed by atoms with Crippen LogP contribution in [0.2, 0.25) is 0 Å². The third-order valence-electron chi connectivity index (χ3n) is 4.66. The fourth-order valence-corrected chi connectivity index (χ4v) is 3.19. The zero-order chi connectivity index (χ0) is 20.6. The molecule has 1 fully saturated rings. The fraction of sp³-hybridized carbons (Fsp3) is 0.400. The van der Waals surface area contributed by atoms with Crippen molar-refractivity contribution in [1.29, 1.82) is 0 Å². The first-order valence-electron chi connectivity index (χ1n) is 9.72. The molecule has 9 nitrogen and oxygen atoms in total. The summed E-state index contributed by atoms with van der Waals surface area (Å²) in [6, 6.07) is 7.04. The Kier molecular flexibility index (Phi) is 6.96. The van der Waals surface area contributed by atoms with Gasteiger partial charge in [-0.1, -0.05) is 0 Å². The average Bonchev–Trinajstić information content (AvgIpc) is 2.78. The standard InChI is InChI=1S/C20H26N6O3/c1-2-21-16-4-3-7-22-18(16)25-9-11-26(12-10-25)20(29)17-6-5-15(14-24-17)19(28)23-8-13-27/h3-7,14,21,27H,2,8-13H2,1H3,(H,23,28). The number of aromatic nitrogens is 2. The van der Waals surface area contributed by atoms with Crippen LogP contribution in [0, 0.1) is 0 Å². The number of carbonyl (C=O) groups excluding carboxylic acids is 2. The van der Waals surface area contributed by atoms with Gasteiger partial charge in [-0.15, -0.1) is 0 Å². The molecule has 0 unspecified atom stereocenters. The Labute approximate surface area is 169 Å². The Morgan fingerprint density at radius 2 is 1.93 bits per heavy atom. The lowest BCUT2D eigenvalue weighted by molar-refractivity contribution is 0.0740. The highest BCUT2D eigenvalue weighted by molar-refractivity contribution is 5.96. The van der Waals surface area contributed by atoms with E-state index in [0.717, 1.165) is 18.1 Å². The summed E-state index contributed by atoms with van der Waals surface area (Å²) in [7, 11) is 0. The van der Waals surface area contributed by atoms with Gasteiger partial charge in [-0.2, -0.15) is 0 Å². The lowest BCUT2D eigenvalue weighted by atomic mass is 10.2. The summed E-state index contributed by atoms with van der Waals surface area (Å²) in [5.74, 6) is 0.420. The molecule has 0 saturated carbocycles. The fourth-order valence-electron chi connectivity index (χ4n) is 3.19. The molecule has 2 aromatic rings. The molecule has 0 spiro atoms. The Morgan fingerprint density at radius 3 is 2.59 bits per heavy atom. The summed E-state index contributed by atoms with van der Waals surface area (Å²) in [4.78, 5) is 37.2. The van der Waals surface area contributed by atoms with Gasteiger partial charge < -0.3 is 25.5 Å². The van der Waals surface area contributed by atoms with Crippen LogP contribution in [0.4, 0.5) is 11.5 Å². The molecule has 0 aliphatic carbocycles. The number of piperazine rings is 1. The quantitative estimate of drug-likeness (QED) is 0.626. The van der Waals surface area contributed by atoms with E-state index in [1.165, 1.54) is 6.20 Å². The second kappa shape index (κ2) is 9.83. The van der Waals surface area contributed by atoms with Gasteiger partial charge in [0.2, 0.25) is 0 Å². The van der Waals surface area contributed by atoms with E-state index in [-0.39, 0.29) is 25.0 Å². The molecule has 29 heavy (non-hydrogen) atoms. The smallest absolute Gasteiger partial charge is 0.272 e. The van der Waals surface area contributed by atoms with Gasteiger partial charge in [0, 0.05) is 51.7 Å². The normalized spacial score (nSPS) is 13.9. The maximum atomic E-state index is 12.7. The molecule has 0 bridgehead atoms. The Hall–Kier alpha value is -3.20. The van der Waals surface area contributed by atoms with Crippen molar-refractivity contribution < 1.29 is 14.7 Å². The second-order valence-corrected chi connectivity index (χ2v) is 6.60. The molecule has 0 aromatic carbocycles. The van der Waals surface area contributed by atoms with Crippen LogP contribution in [0.15, 0.2) is 36.7 Å². The van der Waals surface area contributed by atoms with Crippen molar-refractivity contribution in [3.05, 3.63) is 47.9 Å². The van der Waals surface area contributed by atoms with Crippen molar-refractivity contribution in [2.75, 3.05) is 56.1 Å². The van der Waals surface area contributed by atoms with Crippen molar-refractivity contribution in [2.24, 2.45) is 0 Å². The third kappa shape index (κ3) is 5.00. The number of aliphatic hydroxyl groups excluding tert-OH is 1. The number of hydrogen-bond donors (Lipinski definition) is 3. The number of aliphatic hydroxyl groups is 1. The third-order valence-corrected chi connectivity index (χ3v) is 4.66. The molecular weight excluding hydrogens is 372 g/mol. The topological polar surface area (TPSA) is 111 Å². The van der Waals surface area contributed by atoms with E-state index < -0.39 is 0 Å². The average molecular weight is 398 g/mol. The van der Waals surface area contributed by atoms with Crippen molar-refractivity contribution in [3.8, 4) is 0 Å². The minimum absolute atomic E-state index is 0.129. The molecule has 1 aliphatic heterocycles. The molecule has 3 rings (SSSR count). The minimum Gasteiger partial charge on any atom is -0.395 e. The Bertz CT molecular complexity index is 834. The van der Waals surface area contributed by atoms with Gasteiger partial charge in [0.1, 0.15) is 5.69 Å². The largest absolute Gasteiger partial charge is 0.395 e. The first kappa shape index (κ1) is 20.5. The van der Waals surface area contributed by atoms with Crippen LogP contribution in [-0.4, -0.2) is 77.7 Å². The predicted molar refractivity (Wildman–Crippen MR) is 110 cm³/mol. The highest BCUT2D eigenvalue weighted by Crippen LogP contribution is 2.23. The van der Waals surface area contributed by atoms with Crippen LogP contribution in [-0.2, 0) is 0 Å². The van der Waals surface area contributed by atoms with E-state index in [0.29, 0.717) is 37.4 Å². The number of carbonyl (C=O) groups is 2. The summed E-state index contributed by atoms with van der Waals surface area (Å²) in [5, 5.41) is 14.6. The highest BCUT2D eigenvalue weighted by Gasteiger charge is 2.25. The molecule has 2 amide bonds. The van der Waals surface area contributed by atoms with E-state index in [9.17, 15) is 9.59 Å². The number of rotatable bonds is 7. The maximum Gasteiger partial charge on any atom is 0.272 e. The summed E-state index contributed by atoms with van der Waals surface area (Å²) >= 11 is 0. The SMILES string of the molecule is CCNc1cccnc1N1CCN(C(=O)c2ccc(C(=O)NCCO)cn2)CC1. The lowest BCUT2D eigenvalue weighted by Crippen LogP contribution is -2.49. The van der Waals surface area contributed by atoms with Crippen LogP contribution >= 0.6 is 0 Å². The van der Waals surface area contributed by atoms with Crippen molar-refractivity contribution in [3.63, 3.8) is 0 Å². The van der Waals surface area contributed by atoms with Crippen LogP contribution in [0.1, 0.15) is 27.8 Å². The van der Waals surface area contributed by atoms with Gasteiger partial charge in [0.15, 0.2) is 5.82 Å². The summed E-state index contributed by atoms with van der Waals surface area (Å²) in [6.07, 6.45) is 3.16. The molecule has 9 heteroatoms. The van der Waals surface area contributed by atoms with E-state index in [1.54, 1.807) is 23.2 Å². The Morgan fingerprint density at radius 1 is 1.14 bits per heavy atom. The molecule has 0 atom stereocenters. The Balaban J connectivity index is 1.59. The highest BCUT2D eigenvalue weighted by atomic mass is 16.3. The van der Waals surface area contributed by atoms with Gasteiger partial charge in [-0.3, -0.25) is 14.6 Å². The summed E-state index contributed by atoms with van der Waals surface area (Å²) < 4.78 is 0. The zero-order valence-corrected chi connectivity index (χ0v) is 16.5. The number of anilines is 2. The van der Waals surface area contributed by atoms with Crippen molar-refractivity contribution >= 4 is 23.3 Å². The van der Waals surface area contributed by atoms with E-state index in [1.807, 2.05) is 19.1 Å². The first-order valence-corrected chi connectivity index (χ1v) is 9.72. The van der Waals surface area contributed by atoms with E-state index >= 15 is 0 Å². The number of amides is 2. The van der Waals surface area contributed by atoms with E-state index in [4.69, 9.17) is 5.11 Å². The van der Waals surface area contributed by atoms with E-state index in [2.05, 4.69) is 25.5 Å². The molecule has 2 aromatic heterocycles. The molecule has 3 N–H and O–H groups in total. The van der Waals surface area contributed by atoms with Gasteiger partial charge in [-0.25, -0.2) is 4.98 Å². The summed E-state index contributed by atoms with van der Waals surface area (Å²) in [5.41, 5.74) is 1.65. The van der Waals surface area contributed by atoms with Crippen LogP contribution in [0.5, 0.6) is 0 Å². The first-order chi connectivity index (χ1) is 14.1. The van der Waals surface area contributed by atoms with Crippen LogP contribution in [0.25, 0.3) is 0 Å². The molecule has 154 valence electrons. The molecule has 1 aliphatic rings. The molecule has 0 radical (unpaired) electrons. The second-order valence-electron chi connectivity index (χ2n) is 6.60. The van der Waals surface area contributed by atoms with Gasteiger partial charge in [-0.05, 0) is 31.2 Å². The monoisotopic (exact) mass is 398 g/mol. The summed E-state index contributed by atoms with van der Waals surface area (Å²) in [6.45, 7) is 5.42. The van der Waals surface area contributed by atoms with Gasteiger partial charge in [0.05, 0.1) is 17.9 Å². The molecule has 3 heterocycles. The molecule has 1 saturated heterocycles. The molecular formula is C20H26N6O3. The minimum atomic E-state index is -0.328. The number of pyridine rings is 2. The number of nitrogens with zero attached hydrogens (tertiary/aromatic N) is 4. The number of hydrogen-bond acceptors (Lipinski definition) is 7. The predicted octanol–water partition coefficient (Wildman–Crippen LogP) is 0.593. The zero-order valence-electron chi connectivity index (χ0n) is 16.5. The van der Waals surface area contributed by atoms with Gasteiger partial charge in [0.25, 0.3) is 11.8 Å². The maximum absolute atomic E-state index is 12.7. The van der Waals surface area contributed by atoms with Crippen LogP contribution in [0.3, 0.4) is 0 Å². The van der Waals surface area contributed by atoms with Gasteiger partial charge >= 0.3 is 0 Å². The van der Waals surface area contributed by atoms with Crippen molar-refractivity contribution in [1.82, 2.24) is 20.2 Å². The van der Waals surface area contributed by atoms with Crippen molar-refractivity contribution in [2.45, 2.75) is 6.92 Å². The lowest BCUT2D eigenvalue weighted by Gasteiger charge is -2.36. The van der Waals surface area contributed by atoms with Crippen LogP contribution < -0.4 is 15.5 Å². The number of nitrogens with one attached hydrogen (secondary N) is 2.